The number of carbonyl (C=O) groups is 2. The van der Waals surface area contributed by atoms with Crippen molar-refractivity contribution in [1.82, 2.24) is 4.90 Å². The van der Waals surface area contributed by atoms with Crippen molar-refractivity contribution in [1.29, 1.82) is 0 Å². The van der Waals surface area contributed by atoms with E-state index in [2.05, 4.69) is 5.32 Å². The molecule has 2 aromatic rings. The number of ether oxygens (including phenoxy) is 4. The second-order valence-electron chi connectivity index (χ2n) is 7.42. The van der Waals surface area contributed by atoms with Gasteiger partial charge in [0.2, 0.25) is 0 Å². The maximum atomic E-state index is 13.3. The van der Waals surface area contributed by atoms with E-state index in [-0.39, 0.29) is 6.42 Å². The van der Waals surface area contributed by atoms with Crippen LogP contribution in [0.25, 0.3) is 0 Å². The third kappa shape index (κ3) is 5.42. The van der Waals surface area contributed by atoms with Crippen LogP contribution in [-0.4, -0.2) is 56.0 Å². The van der Waals surface area contributed by atoms with E-state index in [1.54, 1.807) is 31.4 Å². The van der Waals surface area contributed by atoms with Crippen LogP contribution in [-0.2, 0) is 11.2 Å². The molecular weight excluding hydrogens is 428 g/mol. The number of methoxy groups -OCH3 is 2. The minimum Gasteiger partial charge on any atom is -0.497 e. The number of carboxylic acids is 1. The number of carboxylic acid groups (broad SMARTS) is 1. The molecule has 9 heteroatoms. The number of benzene rings is 2. The Morgan fingerprint density at radius 1 is 1.03 bits per heavy atom. The molecule has 1 heterocycles. The molecule has 0 aliphatic carbocycles. The maximum Gasteiger partial charge on any atom is 0.322 e. The van der Waals surface area contributed by atoms with Crippen LogP contribution >= 0.6 is 0 Å². The highest BCUT2D eigenvalue weighted by Gasteiger charge is 2.34. The third-order valence-electron chi connectivity index (χ3n) is 5.44. The fourth-order valence-electron chi connectivity index (χ4n) is 3.96. The quantitative estimate of drug-likeness (QED) is 0.582. The van der Waals surface area contributed by atoms with Crippen molar-refractivity contribution in [2.75, 3.05) is 39.3 Å². The van der Waals surface area contributed by atoms with Crippen LogP contribution in [0.5, 0.6) is 23.0 Å². The minimum atomic E-state index is -1.00. The molecular formula is C24H30N2O7. The van der Waals surface area contributed by atoms with Crippen LogP contribution in [0, 0.1) is 0 Å². The van der Waals surface area contributed by atoms with E-state index in [4.69, 9.17) is 18.9 Å². The van der Waals surface area contributed by atoms with Gasteiger partial charge in [-0.15, -0.1) is 0 Å². The van der Waals surface area contributed by atoms with Crippen molar-refractivity contribution < 1.29 is 33.6 Å². The smallest absolute Gasteiger partial charge is 0.322 e. The lowest BCUT2D eigenvalue weighted by Crippen LogP contribution is -2.43. The number of amides is 2. The predicted molar refractivity (Wildman–Crippen MR) is 123 cm³/mol. The number of hydrogen-bond donors (Lipinski definition) is 2. The van der Waals surface area contributed by atoms with E-state index in [1.165, 1.54) is 12.0 Å². The number of nitrogens with one attached hydrogen (secondary N) is 1. The van der Waals surface area contributed by atoms with Crippen molar-refractivity contribution >= 4 is 17.7 Å². The maximum absolute atomic E-state index is 13.3. The van der Waals surface area contributed by atoms with Gasteiger partial charge in [0, 0.05) is 12.6 Å². The Hall–Kier alpha value is -3.62. The number of aliphatic carboxylic acids is 1. The zero-order chi connectivity index (χ0) is 24.0. The normalized spacial score (nSPS) is 14.8. The number of urea groups is 1. The van der Waals surface area contributed by atoms with E-state index < -0.39 is 18.0 Å². The van der Waals surface area contributed by atoms with Crippen molar-refractivity contribution in [3.8, 4) is 23.0 Å². The summed E-state index contributed by atoms with van der Waals surface area (Å²) in [5.41, 5.74) is 2.15. The Labute approximate surface area is 193 Å². The fourth-order valence-corrected chi connectivity index (χ4v) is 3.96. The molecule has 0 aromatic heterocycles. The van der Waals surface area contributed by atoms with Crippen molar-refractivity contribution in [3.05, 3.63) is 41.5 Å². The SMILES string of the molecule is CCOc1cc2c(cc1OCC)[C@H](CC(=O)O)N(C(=O)Nc1ccc(OC)cc1OC)CC2. The highest BCUT2D eigenvalue weighted by molar-refractivity contribution is 5.92. The summed E-state index contributed by atoms with van der Waals surface area (Å²) in [7, 11) is 3.04. The van der Waals surface area contributed by atoms with E-state index in [1.807, 2.05) is 19.9 Å². The number of nitrogens with zero attached hydrogens (tertiary/aromatic N) is 1. The molecule has 2 N–H and O–H groups in total. The second-order valence-corrected chi connectivity index (χ2v) is 7.42. The van der Waals surface area contributed by atoms with Crippen molar-refractivity contribution in [3.63, 3.8) is 0 Å². The van der Waals surface area contributed by atoms with Crippen molar-refractivity contribution in [2.45, 2.75) is 32.7 Å². The van der Waals surface area contributed by atoms with Gasteiger partial charge in [-0.2, -0.15) is 0 Å². The topological polar surface area (TPSA) is 107 Å². The van der Waals surface area contributed by atoms with Crippen LogP contribution in [0.1, 0.15) is 37.4 Å². The van der Waals surface area contributed by atoms with Gasteiger partial charge in [0.1, 0.15) is 11.5 Å². The Bertz CT molecular complexity index is 1010. The molecule has 178 valence electrons. The minimum absolute atomic E-state index is 0.236. The average molecular weight is 459 g/mol. The monoisotopic (exact) mass is 458 g/mol. The van der Waals surface area contributed by atoms with Crippen LogP contribution in [0.3, 0.4) is 0 Å². The lowest BCUT2D eigenvalue weighted by molar-refractivity contribution is -0.138. The molecule has 2 amide bonds. The van der Waals surface area contributed by atoms with Gasteiger partial charge in [0.05, 0.1) is 45.6 Å². The first-order valence-corrected chi connectivity index (χ1v) is 10.9. The third-order valence-corrected chi connectivity index (χ3v) is 5.44. The summed E-state index contributed by atoms with van der Waals surface area (Å²) in [6.45, 7) is 5.03. The molecule has 0 radical (unpaired) electrons. The summed E-state index contributed by atoms with van der Waals surface area (Å²) >= 11 is 0. The van der Waals surface area contributed by atoms with Crippen LogP contribution < -0.4 is 24.3 Å². The molecule has 0 spiro atoms. The van der Waals surface area contributed by atoms with E-state index in [9.17, 15) is 14.7 Å². The molecule has 0 saturated heterocycles. The van der Waals surface area contributed by atoms with Gasteiger partial charge < -0.3 is 34.3 Å². The molecule has 0 unspecified atom stereocenters. The largest absolute Gasteiger partial charge is 0.497 e. The van der Waals surface area contributed by atoms with Crippen molar-refractivity contribution in [2.24, 2.45) is 0 Å². The molecule has 0 fully saturated rings. The van der Waals surface area contributed by atoms with Gasteiger partial charge in [-0.25, -0.2) is 4.79 Å². The van der Waals surface area contributed by atoms with E-state index in [0.29, 0.717) is 54.9 Å². The summed E-state index contributed by atoms with van der Waals surface area (Å²) in [6.07, 6.45) is 0.324. The summed E-state index contributed by atoms with van der Waals surface area (Å²) in [6, 6.07) is 7.67. The van der Waals surface area contributed by atoms with E-state index >= 15 is 0 Å². The van der Waals surface area contributed by atoms with Gasteiger partial charge in [-0.1, -0.05) is 0 Å². The zero-order valence-electron chi connectivity index (χ0n) is 19.3. The molecule has 0 saturated carbocycles. The first-order valence-electron chi connectivity index (χ1n) is 10.9. The Morgan fingerprint density at radius 3 is 2.33 bits per heavy atom. The fraction of sp³-hybridized carbons (Fsp3) is 0.417. The van der Waals surface area contributed by atoms with Gasteiger partial charge in [0.25, 0.3) is 0 Å². The molecule has 9 nitrogen and oxygen atoms in total. The van der Waals surface area contributed by atoms with Gasteiger partial charge in [-0.05, 0) is 55.7 Å². The highest BCUT2D eigenvalue weighted by Crippen LogP contribution is 2.40. The number of carbonyl (C=O) groups excluding carboxylic acids is 1. The molecule has 33 heavy (non-hydrogen) atoms. The van der Waals surface area contributed by atoms with Crippen LogP contribution in [0.4, 0.5) is 10.5 Å². The Kier molecular flexibility index (Phi) is 7.87. The van der Waals surface area contributed by atoms with Gasteiger partial charge >= 0.3 is 12.0 Å². The number of fused-ring (bicyclic) bond motifs is 1. The highest BCUT2D eigenvalue weighted by atomic mass is 16.5. The molecule has 0 bridgehead atoms. The summed E-state index contributed by atoms with van der Waals surface area (Å²) < 4.78 is 22.0. The molecule has 2 aromatic carbocycles. The van der Waals surface area contributed by atoms with Gasteiger partial charge in [0.15, 0.2) is 11.5 Å². The average Bonchev–Trinajstić information content (AvgIpc) is 2.80. The molecule has 1 aliphatic rings. The number of rotatable bonds is 9. The Morgan fingerprint density at radius 2 is 1.73 bits per heavy atom. The van der Waals surface area contributed by atoms with Crippen LogP contribution in [0.15, 0.2) is 30.3 Å². The second kappa shape index (κ2) is 10.8. The molecule has 3 rings (SSSR count). The summed E-state index contributed by atoms with van der Waals surface area (Å²) in [5.74, 6) is 1.18. The summed E-state index contributed by atoms with van der Waals surface area (Å²) in [4.78, 5) is 26.5. The molecule has 1 atom stereocenters. The first kappa shape index (κ1) is 24.0. The standard InChI is InChI=1S/C24H30N2O7/c1-5-32-21-11-15-9-10-26(19(14-23(27)28)17(15)13-22(21)33-6-2)24(29)25-18-8-7-16(30-3)12-20(18)31-4/h7-8,11-13,19H,5-6,9-10,14H2,1-4H3,(H,25,29)(H,27,28)/t19-/m0/s1. The van der Waals surface area contributed by atoms with Gasteiger partial charge in [-0.3, -0.25) is 4.79 Å². The Balaban J connectivity index is 1.94. The zero-order valence-corrected chi connectivity index (χ0v) is 19.3. The number of anilines is 1. The summed E-state index contributed by atoms with van der Waals surface area (Å²) in [5, 5.41) is 12.4. The molecule has 1 aliphatic heterocycles. The lowest BCUT2D eigenvalue weighted by atomic mass is 9.90. The predicted octanol–water partition coefficient (Wildman–Crippen LogP) is 4.11. The lowest BCUT2D eigenvalue weighted by Gasteiger charge is -2.37. The first-order chi connectivity index (χ1) is 15.9. The van der Waals surface area contributed by atoms with Crippen LogP contribution in [0.2, 0.25) is 0 Å². The van der Waals surface area contributed by atoms with E-state index in [0.717, 1.165) is 11.1 Å². The number of hydrogen-bond acceptors (Lipinski definition) is 6.